The van der Waals surface area contributed by atoms with Gasteiger partial charge in [-0.05, 0) is 93.6 Å². The largest absolute Gasteiger partial charge is 0.490 e. The van der Waals surface area contributed by atoms with E-state index in [9.17, 15) is 8.78 Å². The molecule has 2 aliphatic carbocycles. The van der Waals surface area contributed by atoms with E-state index in [4.69, 9.17) is 4.74 Å². The van der Waals surface area contributed by atoms with Gasteiger partial charge in [-0.3, -0.25) is 0 Å². The minimum Gasteiger partial charge on any atom is -0.490 e. The van der Waals surface area contributed by atoms with Crippen LogP contribution in [0, 0.1) is 23.5 Å². The molecule has 0 amide bonds. The fourth-order valence-electron chi connectivity index (χ4n) is 5.44. The van der Waals surface area contributed by atoms with Crippen molar-refractivity contribution in [1.29, 1.82) is 0 Å². The lowest BCUT2D eigenvalue weighted by Gasteiger charge is -2.35. The van der Waals surface area contributed by atoms with Crippen molar-refractivity contribution < 1.29 is 13.5 Å². The predicted molar refractivity (Wildman–Crippen MR) is 126 cm³/mol. The topological polar surface area (TPSA) is 9.23 Å². The first-order chi connectivity index (χ1) is 15.1. The van der Waals surface area contributed by atoms with Gasteiger partial charge in [0.25, 0.3) is 0 Å². The van der Waals surface area contributed by atoms with E-state index in [0.29, 0.717) is 12.2 Å². The Morgan fingerprint density at radius 1 is 1.00 bits per heavy atom. The van der Waals surface area contributed by atoms with E-state index < -0.39 is 11.6 Å². The van der Waals surface area contributed by atoms with Gasteiger partial charge in [0.2, 0.25) is 5.82 Å². The summed E-state index contributed by atoms with van der Waals surface area (Å²) in [6, 6.07) is 3.40. The van der Waals surface area contributed by atoms with Gasteiger partial charge in [-0.15, -0.1) is 6.58 Å². The summed E-state index contributed by atoms with van der Waals surface area (Å²) in [4.78, 5) is 0. The first kappa shape index (κ1) is 24.0. The highest BCUT2D eigenvalue weighted by molar-refractivity contribution is 5.33. The Bertz CT molecular complexity index is 731. The molecule has 0 radical (unpaired) electrons. The molecule has 0 N–H and O–H groups in total. The van der Waals surface area contributed by atoms with Crippen molar-refractivity contribution in [2.45, 2.75) is 96.3 Å². The first-order valence-corrected chi connectivity index (χ1v) is 12.5. The molecule has 31 heavy (non-hydrogen) atoms. The number of hydrogen-bond donors (Lipinski definition) is 0. The van der Waals surface area contributed by atoms with Gasteiger partial charge in [0.05, 0.1) is 6.61 Å². The zero-order valence-corrected chi connectivity index (χ0v) is 19.3. The van der Waals surface area contributed by atoms with Crippen molar-refractivity contribution in [3.05, 3.63) is 53.6 Å². The lowest BCUT2D eigenvalue weighted by molar-refractivity contribution is 0.214. The molecule has 2 aliphatic rings. The molecular formula is C28H40F2O. The number of hydrogen-bond acceptors (Lipinski definition) is 1. The lowest BCUT2D eigenvalue weighted by Crippen LogP contribution is -2.23. The molecule has 0 aromatic heterocycles. The van der Waals surface area contributed by atoms with Crippen LogP contribution < -0.4 is 4.74 Å². The summed E-state index contributed by atoms with van der Waals surface area (Å²) in [5.74, 6) is 0.187. The molecule has 1 unspecified atom stereocenters. The summed E-state index contributed by atoms with van der Waals surface area (Å²) in [6.45, 7) is 6.42. The van der Waals surface area contributed by atoms with Crippen LogP contribution in [-0.2, 0) is 0 Å². The van der Waals surface area contributed by atoms with E-state index in [2.05, 4.69) is 19.6 Å². The van der Waals surface area contributed by atoms with E-state index in [1.807, 2.05) is 6.08 Å². The highest BCUT2D eigenvalue weighted by atomic mass is 19.2. The summed E-state index contributed by atoms with van der Waals surface area (Å²) in [6.07, 6.45) is 18.8. The SMILES string of the molecule is C=CCCC1=CCC(C2CCC(c3ccc(OCCCCCC)c(F)c3F)CC2)CC1. The van der Waals surface area contributed by atoms with Crippen LogP contribution in [0.2, 0.25) is 0 Å². The number of benzene rings is 1. The number of rotatable bonds is 11. The van der Waals surface area contributed by atoms with Crippen LogP contribution in [0.15, 0.2) is 36.4 Å². The van der Waals surface area contributed by atoms with Gasteiger partial charge in [-0.25, -0.2) is 4.39 Å². The van der Waals surface area contributed by atoms with Gasteiger partial charge in [-0.1, -0.05) is 50.0 Å². The van der Waals surface area contributed by atoms with Crippen molar-refractivity contribution in [3.63, 3.8) is 0 Å². The molecule has 0 bridgehead atoms. The highest BCUT2D eigenvalue weighted by Gasteiger charge is 2.31. The Balaban J connectivity index is 1.50. The van der Waals surface area contributed by atoms with E-state index in [-0.39, 0.29) is 11.7 Å². The average molecular weight is 431 g/mol. The molecule has 3 rings (SSSR count). The highest BCUT2D eigenvalue weighted by Crippen LogP contribution is 2.44. The minimum absolute atomic E-state index is 0.0627. The molecule has 1 nitrogen and oxygen atoms in total. The minimum atomic E-state index is -0.806. The van der Waals surface area contributed by atoms with Crippen LogP contribution in [0.1, 0.15) is 102 Å². The summed E-state index contributed by atoms with van der Waals surface area (Å²) >= 11 is 0. The normalized spacial score (nSPS) is 24.0. The van der Waals surface area contributed by atoms with E-state index >= 15 is 0 Å². The third-order valence-corrected chi connectivity index (χ3v) is 7.43. The second-order valence-electron chi connectivity index (χ2n) is 9.53. The molecular weight excluding hydrogens is 390 g/mol. The Labute approximate surface area is 188 Å². The zero-order chi connectivity index (χ0) is 22.1. The van der Waals surface area contributed by atoms with E-state index in [1.54, 1.807) is 17.7 Å². The van der Waals surface area contributed by atoms with Gasteiger partial charge < -0.3 is 4.74 Å². The van der Waals surface area contributed by atoms with Crippen LogP contribution >= 0.6 is 0 Å². The first-order valence-electron chi connectivity index (χ1n) is 12.5. The fourth-order valence-corrected chi connectivity index (χ4v) is 5.44. The average Bonchev–Trinajstić information content (AvgIpc) is 2.81. The number of unbranched alkanes of at least 4 members (excludes halogenated alkanes) is 3. The van der Waals surface area contributed by atoms with Crippen LogP contribution in [0.5, 0.6) is 5.75 Å². The van der Waals surface area contributed by atoms with Crippen LogP contribution in [-0.4, -0.2) is 6.61 Å². The van der Waals surface area contributed by atoms with Gasteiger partial charge in [-0.2, -0.15) is 4.39 Å². The monoisotopic (exact) mass is 430 g/mol. The van der Waals surface area contributed by atoms with Gasteiger partial charge >= 0.3 is 0 Å². The van der Waals surface area contributed by atoms with Crippen LogP contribution in [0.25, 0.3) is 0 Å². The van der Waals surface area contributed by atoms with Crippen molar-refractivity contribution in [2.24, 2.45) is 11.8 Å². The molecule has 1 aromatic carbocycles. The predicted octanol–water partition coefficient (Wildman–Crippen LogP) is 8.89. The number of halogens is 2. The van der Waals surface area contributed by atoms with Crippen LogP contribution in [0.3, 0.4) is 0 Å². The standard InChI is InChI=1S/C28H40F2O/c1-3-5-7-8-20-31-26-19-18-25(27(29)28(26)30)24-16-14-23(15-17-24)22-12-10-21(11-13-22)9-6-4-2/h4,10,18-19,22-24H,2-3,5-9,11-17,20H2,1H3. The third kappa shape index (κ3) is 6.67. The molecule has 1 saturated carbocycles. The Kier molecular flexibility index (Phi) is 9.61. The van der Waals surface area contributed by atoms with Crippen LogP contribution in [0.4, 0.5) is 8.78 Å². The molecule has 0 spiro atoms. The number of ether oxygens (including phenoxy) is 1. The summed E-state index contributed by atoms with van der Waals surface area (Å²) < 4.78 is 34.9. The van der Waals surface area contributed by atoms with Gasteiger partial charge in [0.1, 0.15) is 0 Å². The molecule has 1 fully saturated rings. The molecule has 3 heteroatoms. The second-order valence-corrected chi connectivity index (χ2v) is 9.53. The van der Waals surface area contributed by atoms with Crippen molar-refractivity contribution >= 4 is 0 Å². The molecule has 1 aromatic rings. The zero-order valence-electron chi connectivity index (χ0n) is 19.3. The van der Waals surface area contributed by atoms with Crippen molar-refractivity contribution in [3.8, 4) is 5.75 Å². The summed E-state index contributed by atoms with van der Waals surface area (Å²) in [5, 5.41) is 0. The molecule has 0 aliphatic heterocycles. The fraction of sp³-hybridized carbons (Fsp3) is 0.643. The Morgan fingerprint density at radius 3 is 2.48 bits per heavy atom. The van der Waals surface area contributed by atoms with E-state index in [1.165, 1.54) is 19.3 Å². The number of allylic oxidation sites excluding steroid dienone is 3. The Hall–Kier alpha value is -1.64. The third-order valence-electron chi connectivity index (χ3n) is 7.43. The molecule has 172 valence electrons. The molecule has 0 heterocycles. The lowest BCUT2D eigenvalue weighted by atomic mass is 9.70. The summed E-state index contributed by atoms with van der Waals surface area (Å²) in [7, 11) is 0. The van der Waals surface area contributed by atoms with Crippen molar-refractivity contribution in [1.82, 2.24) is 0 Å². The van der Waals surface area contributed by atoms with Crippen molar-refractivity contribution in [2.75, 3.05) is 6.61 Å². The smallest absolute Gasteiger partial charge is 0.200 e. The van der Waals surface area contributed by atoms with Gasteiger partial charge in [0, 0.05) is 0 Å². The van der Waals surface area contributed by atoms with E-state index in [0.717, 1.165) is 76.0 Å². The molecule has 0 saturated heterocycles. The summed E-state index contributed by atoms with van der Waals surface area (Å²) in [5.41, 5.74) is 2.14. The van der Waals surface area contributed by atoms with Gasteiger partial charge in [0.15, 0.2) is 11.6 Å². The maximum atomic E-state index is 14.8. The Morgan fingerprint density at radius 2 is 1.81 bits per heavy atom. The molecule has 1 atom stereocenters. The quantitative estimate of drug-likeness (QED) is 0.251. The maximum absolute atomic E-state index is 14.8. The second kappa shape index (κ2) is 12.4. The maximum Gasteiger partial charge on any atom is 0.200 e.